The lowest BCUT2D eigenvalue weighted by Gasteiger charge is -2.04. The van der Waals surface area contributed by atoms with Gasteiger partial charge in [-0.25, -0.2) is 0 Å². The lowest BCUT2D eigenvalue weighted by Crippen LogP contribution is -2.22. The topological polar surface area (TPSA) is 57.2 Å². The molecule has 4 heteroatoms. The zero-order chi connectivity index (χ0) is 12.7. The second kappa shape index (κ2) is 3.92. The van der Waals surface area contributed by atoms with Gasteiger partial charge in [0.15, 0.2) is 5.43 Å². The van der Waals surface area contributed by atoms with Crippen LogP contribution in [0.2, 0.25) is 0 Å². The number of fused-ring (bicyclic) bond motifs is 2. The molecule has 0 spiro atoms. The van der Waals surface area contributed by atoms with Crippen molar-refractivity contribution in [2.45, 2.75) is 0 Å². The third-order valence-corrected chi connectivity index (χ3v) is 3.96. The summed E-state index contributed by atoms with van der Waals surface area (Å²) in [6.45, 7) is 0. The highest BCUT2D eigenvalue weighted by atomic mass is 32.1. The summed E-state index contributed by atoms with van der Waals surface area (Å²) in [4.78, 5) is 23.1. The molecular formula is C14H7O3S-. The Morgan fingerprint density at radius 2 is 1.72 bits per heavy atom. The molecule has 1 aromatic heterocycles. The van der Waals surface area contributed by atoms with Crippen LogP contribution in [0.3, 0.4) is 0 Å². The third-order valence-electron chi connectivity index (χ3n) is 2.81. The summed E-state index contributed by atoms with van der Waals surface area (Å²) in [6.07, 6.45) is 0. The summed E-state index contributed by atoms with van der Waals surface area (Å²) in [7, 11) is 0. The van der Waals surface area contributed by atoms with E-state index in [-0.39, 0.29) is 11.0 Å². The van der Waals surface area contributed by atoms with Gasteiger partial charge in [-0.3, -0.25) is 4.79 Å². The number of carbonyl (C=O) groups is 1. The van der Waals surface area contributed by atoms with Crippen molar-refractivity contribution in [3.63, 3.8) is 0 Å². The molecule has 0 aliphatic rings. The van der Waals surface area contributed by atoms with E-state index in [1.54, 1.807) is 18.2 Å². The monoisotopic (exact) mass is 255 g/mol. The van der Waals surface area contributed by atoms with E-state index in [2.05, 4.69) is 0 Å². The van der Waals surface area contributed by atoms with Crippen molar-refractivity contribution in [1.82, 2.24) is 0 Å². The van der Waals surface area contributed by atoms with Gasteiger partial charge in [0.25, 0.3) is 0 Å². The second-order valence-electron chi connectivity index (χ2n) is 3.93. The van der Waals surface area contributed by atoms with Crippen molar-refractivity contribution in [3.8, 4) is 0 Å². The maximum absolute atomic E-state index is 12.3. The lowest BCUT2D eigenvalue weighted by atomic mass is 10.1. The number of benzene rings is 2. The average Bonchev–Trinajstić information content (AvgIpc) is 2.38. The first-order chi connectivity index (χ1) is 8.66. The molecule has 3 nitrogen and oxygen atoms in total. The molecule has 18 heavy (non-hydrogen) atoms. The number of hydrogen-bond donors (Lipinski definition) is 0. The summed E-state index contributed by atoms with van der Waals surface area (Å²) in [5, 5.41) is 11.9. The number of hydrogen-bond acceptors (Lipinski definition) is 4. The van der Waals surface area contributed by atoms with Gasteiger partial charge in [0.2, 0.25) is 0 Å². The molecule has 0 amide bonds. The van der Waals surface area contributed by atoms with Crippen molar-refractivity contribution in [2.24, 2.45) is 0 Å². The number of rotatable bonds is 1. The van der Waals surface area contributed by atoms with Crippen molar-refractivity contribution in [2.75, 3.05) is 0 Å². The molecule has 88 valence electrons. The first kappa shape index (κ1) is 10.9. The molecular weight excluding hydrogens is 248 g/mol. The predicted molar refractivity (Wildman–Crippen MR) is 69.9 cm³/mol. The van der Waals surface area contributed by atoms with Crippen molar-refractivity contribution in [3.05, 3.63) is 58.3 Å². The molecule has 0 radical (unpaired) electrons. The van der Waals surface area contributed by atoms with Gasteiger partial charge in [-0.05, 0) is 29.8 Å². The van der Waals surface area contributed by atoms with Gasteiger partial charge in [0, 0.05) is 20.2 Å². The zero-order valence-corrected chi connectivity index (χ0v) is 9.99. The molecule has 0 saturated carbocycles. The third kappa shape index (κ3) is 1.58. The number of carbonyl (C=O) groups excluding carboxylic acids is 1. The maximum Gasteiger partial charge on any atom is 0.195 e. The van der Waals surface area contributed by atoms with Crippen LogP contribution >= 0.6 is 11.3 Å². The minimum Gasteiger partial charge on any atom is -0.545 e. The molecule has 0 saturated heterocycles. The van der Waals surface area contributed by atoms with E-state index in [0.29, 0.717) is 10.8 Å². The Labute approximate surface area is 106 Å². The van der Waals surface area contributed by atoms with Crippen LogP contribution in [-0.2, 0) is 0 Å². The maximum atomic E-state index is 12.3. The first-order valence-electron chi connectivity index (χ1n) is 5.34. The predicted octanol–water partition coefficient (Wildman–Crippen LogP) is 1.78. The Morgan fingerprint density at radius 3 is 2.50 bits per heavy atom. The fourth-order valence-corrected chi connectivity index (χ4v) is 2.98. The normalized spacial score (nSPS) is 10.9. The Morgan fingerprint density at radius 1 is 1.00 bits per heavy atom. The summed E-state index contributed by atoms with van der Waals surface area (Å²) in [5.74, 6) is -1.27. The zero-order valence-electron chi connectivity index (χ0n) is 9.17. The van der Waals surface area contributed by atoms with Gasteiger partial charge in [-0.2, -0.15) is 0 Å². The van der Waals surface area contributed by atoms with Crippen LogP contribution in [-0.4, -0.2) is 5.97 Å². The van der Waals surface area contributed by atoms with E-state index in [9.17, 15) is 14.7 Å². The fraction of sp³-hybridized carbons (Fsp3) is 0. The molecule has 0 aliphatic heterocycles. The molecule has 3 aromatic rings. The quantitative estimate of drug-likeness (QED) is 0.623. The molecule has 2 aromatic carbocycles. The van der Waals surface area contributed by atoms with E-state index in [4.69, 9.17) is 0 Å². The van der Waals surface area contributed by atoms with Gasteiger partial charge >= 0.3 is 0 Å². The Kier molecular flexibility index (Phi) is 2.38. The van der Waals surface area contributed by atoms with Crippen LogP contribution < -0.4 is 10.5 Å². The van der Waals surface area contributed by atoms with Gasteiger partial charge in [0.05, 0.1) is 5.97 Å². The van der Waals surface area contributed by atoms with Crippen molar-refractivity contribution >= 4 is 37.5 Å². The molecule has 0 aliphatic carbocycles. The minimum absolute atomic E-state index is 0.0297. The molecule has 0 N–H and O–H groups in total. The largest absolute Gasteiger partial charge is 0.545 e. The Hall–Kier alpha value is -2.20. The van der Waals surface area contributed by atoms with Crippen molar-refractivity contribution < 1.29 is 9.90 Å². The molecule has 0 atom stereocenters. The summed E-state index contributed by atoms with van der Waals surface area (Å²) >= 11 is 1.47. The molecule has 3 rings (SSSR count). The molecule has 0 bridgehead atoms. The molecule has 1 heterocycles. The van der Waals surface area contributed by atoms with E-state index >= 15 is 0 Å². The van der Waals surface area contributed by atoms with Crippen LogP contribution in [0, 0.1) is 0 Å². The second-order valence-corrected chi connectivity index (χ2v) is 5.01. The highest BCUT2D eigenvalue weighted by molar-refractivity contribution is 7.24. The summed E-state index contributed by atoms with van der Waals surface area (Å²) in [5.41, 5.74) is -0.107. The smallest absolute Gasteiger partial charge is 0.195 e. The lowest BCUT2D eigenvalue weighted by molar-refractivity contribution is -0.255. The van der Waals surface area contributed by atoms with Crippen LogP contribution in [0.4, 0.5) is 0 Å². The van der Waals surface area contributed by atoms with Crippen LogP contribution in [0.25, 0.3) is 20.2 Å². The van der Waals surface area contributed by atoms with E-state index in [0.717, 1.165) is 9.40 Å². The van der Waals surface area contributed by atoms with Crippen LogP contribution in [0.1, 0.15) is 10.4 Å². The molecule has 0 unspecified atom stereocenters. The van der Waals surface area contributed by atoms with Gasteiger partial charge < -0.3 is 9.90 Å². The number of carboxylic acids is 1. The summed E-state index contributed by atoms with van der Waals surface area (Å²) in [6, 6.07) is 11.8. The fourth-order valence-electron chi connectivity index (χ4n) is 1.93. The average molecular weight is 255 g/mol. The van der Waals surface area contributed by atoms with Gasteiger partial charge in [-0.15, -0.1) is 11.3 Å². The van der Waals surface area contributed by atoms with E-state index in [1.807, 2.05) is 12.1 Å². The number of carboxylic acid groups (broad SMARTS) is 1. The van der Waals surface area contributed by atoms with Crippen LogP contribution in [0.15, 0.2) is 47.3 Å². The van der Waals surface area contributed by atoms with Gasteiger partial charge in [0.1, 0.15) is 0 Å². The van der Waals surface area contributed by atoms with E-state index in [1.165, 1.54) is 23.5 Å². The Bertz CT molecular complexity index is 833. The molecule has 0 fully saturated rings. The highest BCUT2D eigenvalue weighted by Gasteiger charge is 2.06. The minimum atomic E-state index is -1.27. The van der Waals surface area contributed by atoms with Crippen LogP contribution in [0.5, 0.6) is 0 Å². The standard InChI is InChI=1S/C14H8O3S/c15-13-9-3-1-2-4-11(9)18-12-6-5-8(14(16)17)7-10(12)13/h1-7H,(H,16,17)/p-1. The SMILES string of the molecule is O=C([O-])c1ccc2sc3ccccc3c(=O)c2c1. The van der Waals surface area contributed by atoms with E-state index < -0.39 is 5.97 Å². The Balaban J connectivity index is 2.49. The number of aromatic carboxylic acids is 1. The summed E-state index contributed by atoms with van der Waals surface area (Å²) < 4.78 is 1.68. The van der Waals surface area contributed by atoms with Crippen molar-refractivity contribution in [1.29, 1.82) is 0 Å². The highest BCUT2D eigenvalue weighted by Crippen LogP contribution is 2.24. The first-order valence-corrected chi connectivity index (χ1v) is 6.15. The van der Waals surface area contributed by atoms with Gasteiger partial charge in [-0.1, -0.05) is 18.2 Å².